The van der Waals surface area contributed by atoms with Gasteiger partial charge < -0.3 is 9.47 Å². The van der Waals surface area contributed by atoms with Crippen molar-refractivity contribution >= 4 is 21.6 Å². The van der Waals surface area contributed by atoms with E-state index in [1.54, 1.807) is 6.07 Å². The lowest BCUT2D eigenvalue weighted by molar-refractivity contribution is -0.385. The summed E-state index contributed by atoms with van der Waals surface area (Å²) in [5.41, 5.74) is 0.649. The molecule has 0 unspecified atom stereocenters. The molecule has 0 heterocycles. The highest BCUT2D eigenvalue weighted by molar-refractivity contribution is 9.10. The molecule has 0 aliphatic rings. The van der Waals surface area contributed by atoms with Crippen molar-refractivity contribution in [1.29, 1.82) is 0 Å². The molecule has 5 nitrogen and oxygen atoms in total. The van der Waals surface area contributed by atoms with Crippen molar-refractivity contribution in [1.82, 2.24) is 0 Å². The van der Waals surface area contributed by atoms with Gasteiger partial charge in [0.1, 0.15) is 0 Å². The lowest BCUT2D eigenvalue weighted by Crippen LogP contribution is -1.97. The summed E-state index contributed by atoms with van der Waals surface area (Å²) in [5.74, 6) is 0.222. The highest BCUT2D eigenvalue weighted by Crippen LogP contribution is 2.36. The first-order valence-corrected chi connectivity index (χ1v) is 4.89. The summed E-state index contributed by atoms with van der Waals surface area (Å²) in [6.07, 6.45) is 0. The van der Waals surface area contributed by atoms with E-state index in [1.807, 2.05) is 0 Å². The second-order valence-electron chi connectivity index (χ2n) is 2.82. The summed E-state index contributed by atoms with van der Waals surface area (Å²) < 4.78 is 10.4. The standard InChI is InChI=1S/C9H10BrNO4/c1-14-5-6-3-7(10)9(15-2)8(4-6)11(12)13/h3-4H,5H2,1-2H3. The molecule has 0 spiro atoms. The van der Waals surface area contributed by atoms with Crippen molar-refractivity contribution in [3.8, 4) is 5.75 Å². The van der Waals surface area contributed by atoms with Crippen molar-refractivity contribution in [3.05, 3.63) is 32.3 Å². The van der Waals surface area contributed by atoms with E-state index < -0.39 is 4.92 Å². The predicted molar refractivity (Wildman–Crippen MR) is 58.1 cm³/mol. The number of nitro benzene ring substituents is 1. The molecule has 82 valence electrons. The zero-order valence-electron chi connectivity index (χ0n) is 8.32. The lowest BCUT2D eigenvalue weighted by Gasteiger charge is -2.06. The molecule has 0 aromatic heterocycles. The fraction of sp³-hybridized carbons (Fsp3) is 0.333. The summed E-state index contributed by atoms with van der Waals surface area (Å²) in [7, 11) is 2.92. The van der Waals surface area contributed by atoms with E-state index >= 15 is 0 Å². The summed E-state index contributed by atoms with van der Waals surface area (Å²) in [6.45, 7) is 0.323. The molecule has 0 aliphatic carbocycles. The number of methoxy groups -OCH3 is 2. The topological polar surface area (TPSA) is 61.6 Å². The number of halogens is 1. The molecular formula is C9H10BrNO4. The number of ether oxygens (including phenoxy) is 2. The van der Waals surface area contributed by atoms with E-state index in [0.717, 1.165) is 5.56 Å². The average molecular weight is 276 g/mol. The van der Waals surface area contributed by atoms with Gasteiger partial charge in [-0.25, -0.2) is 0 Å². The third kappa shape index (κ3) is 2.66. The van der Waals surface area contributed by atoms with Crippen LogP contribution in [0.1, 0.15) is 5.56 Å². The number of nitro groups is 1. The van der Waals surface area contributed by atoms with Gasteiger partial charge in [0.2, 0.25) is 5.75 Å². The zero-order valence-corrected chi connectivity index (χ0v) is 9.91. The highest BCUT2D eigenvalue weighted by Gasteiger charge is 2.19. The molecule has 0 aliphatic heterocycles. The highest BCUT2D eigenvalue weighted by atomic mass is 79.9. The van der Waals surface area contributed by atoms with Crippen LogP contribution in [-0.4, -0.2) is 19.1 Å². The summed E-state index contributed by atoms with van der Waals surface area (Å²) in [5, 5.41) is 10.8. The van der Waals surface area contributed by atoms with Crippen LogP contribution in [0.15, 0.2) is 16.6 Å². The first-order chi connectivity index (χ1) is 7.10. The number of rotatable bonds is 4. The van der Waals surface area contributed by atoms with Gasteiger partial charge in [0.15, 0.2) is 0 Å². The fourth-order valence-corrected chi connectivity index (χ4v) is 1.88. The molecule has 0 bridgehead atoms. The minimum atomic E-state index is -0.483. The summed E-state index contributed by atoms with van der Waals surface area (Å²) in [4.78, 5) is 10.3. The van der Waals surface area contributed by atoms with Crippen molar-refractivity contribution < 1.29 is 14.4 Å². The van der Waals surface area contributed by atoms with Crippen LogP contribution in [0.2, 0.25) is 0 Å². The van der Waals surface area contributed by atoms with Gasteiger partial charge in [-0.05, 0) is 27.6 Å². The number of hydrogen-bond donors (Lipinski definition) is 0. The van der Waals surface area contributed by atoms with Gasteiger partial charge in [0.25, 0.3) is 0 Å². The van der Waals surface area contributed by atoms with Crippen LogP contribution < -0.4 is 4.74 Å². The van der Waals surface area contributed by atoms with Crippen LogP contribution in [-0.2, 0) is 11.3 Å². The zero-order chi connectivity index (χ0) is 11.4. The molecule has 0 saturated carbocycles. The number of hydrogen-bond acceptors (Lipinski definition) is 4. The Labute approximate surface area is 95.3 Å². The van der Waals surface area contributed by atoms with Crippen molar-refractivity contribution in [2.24, 2.45) is 0 Å². The van der Waals surface area contributed by atoms with E-state index in [2.05, 4.69) is 15.9 Å². The first kappa shape index (κ1) is 11.9. The Balaban J connectivity index is 3.25. The molecular weight excluding hydrogens is 266 g/mol. The molecule has 0 amide bonds. The smallest absolute Gasteiger partial charge is 0.312 e. The molecule has 1 aromatic rings. The minimum Gasteiger partial charge on any atom is -0.489 e. The maximum Gasteiger partial charge on any atom is 0.312 e. The molecule has 15 heavy (non-hydrogen) atoms. The Morgan fingerprint density at radius 2 is 2.13 bits per heavy atom. The maximum absolute atomic E-state index is 10.8. The Bertz CT molecular complexity index is 381. The second kappa shape index (κ2) is 5.09. The molecule has 0 saturated heterocycles. The first-order valence-electron chi connectivity index (χ1n) is 4.10. The van der Waals surface area contributed by atoms with Crippen LogP contribution >= 0.6 is 15.9 Å². The Morgan fingerprint density at radius 3 is 2.60 bits per heavy atom. The van der Waals surface area contributed by atoms with Crippen molar-refractivity contribution in [2.75, 3.05) is 14.2 Å². The van der Waals surface area contributed by atoms with Crippen molar-refractivity contribution in [3.63, 3.8) is 0 Å². The number of nitrogens with zero attached hydrogens (tertiary/aromatic N) is 1. The predicted octanol–water partition coefficient (Wildman–Crippen LogP) is 2.51. The average Bonchev–Trinajstić information content (AvgIpc) is 2.17. The van der Waals surface area contributed by atoms with Gasteiger partial charge in [-0.15, -0.1) is 0 Å². The van der Waals surface area contributed by atoms with E-state index in [0.29, 0.717) is 11.1 Å². The monoisotopic (exact) mass is 275 g/mol. The van der Waals surface area contributed by atoms with Crippen molar-refractivity contribution in [2.45, 2.75) is 6.61 Å². The van der Waals surface area contributed by atoms with Gasteiger partial charge in [-0.1, -0.05) is 0 Å². The van der Waals surface area contributed by atoms with Crippen LogP contribution in [0.3, 0.4) is 0 Å². The van der Waals surface area contributed by atoms with Gasteiger partial charge >= 0.3 is 5.69 Å². The van der Waals surface area contributed by atoms with Gasteiger partial charge in [-0.3, -0.25) is 10.1 Å². The van der Waals surface area contributed by atoms with E-state index in [1.165, 1.54) is 20.3 Å². The third-order valence-electron chi connectivity index (χ3n) is 1.80. The van der Waals surface area contributed by atoms with Crippen LogP contribution in [0.25, 0.3) is 0 Å². The van der Waals surface area contributed by atoms with Crippen LogP contribution in [0.4, 0.5) is 5.69 Å². The molecule has 6 heteroatoms. The largest absolute Gasteiger partial charge is 0.489 e. The van der Waals surface area contributed by atoms with Gasteiger partial charge in [0.05, 0.1) is 23.1 Å². The Hall–Kier alpha value is -1.14. The molecule has 1 rings (SSSR count). The van der Waals surface area contributed by atoms with Crippen LogP contribution in [0.5, 0.6) is 5.75 Å². The Morgan fingerprint density at radius 1 is 1.47 bits per heavy atom. The van der Waals surface area contributed by atoms with Crippen LogP contribution in [0, 0.1) is 10.1 Å². The normalized spacial score (nSPS) is 10.1. The fourth-order valence-electron chi connectivity index (χ4n) is 1.22. The Kier molecular flexibility index (Phi) is 4.05. The maximum atomic E-state index is 10.8. The number of benzene rings is 1. The summed E-state index contributed by atoms with van der Waals surface area (Å²) >= 11 is 3.21. The van der Waals surface area contributed by atoms with Gasteiger partial charge in [0, 0.05) is 13.2 Å². The molecule has 0 atom stereocenters. The lowest BCUT2D eigenvalue weighted by atomic mass is 10.2. The molecule has 0 N–H and O–H groups in total. The van der Waals surface area contributed by atoms with E-state index in [-0.39, 0.29) is 11.4 Å². The van der Waals surface area contributed by atoms with E-state index in [9.17, 15) is 10.1 Å². The van der Waals surface area contributed by atoms with Gasteiger partial charge in [-0.2, -0.15) is 0 Å². The molecule has 0 radical (unpaired) electrons. The summed E-state index contributed by atoms with van der Waals surface area (Å²) in [6, 6.07) is 3.17. The molecule has 1 aromatic carbocycles. The minimum absolute atomic E-state index is 0.0704. The quantitative estimate of drug-likeness (QED) is 0.626. The molecule has 0 fully saturated rings. The third-order valence-corrected chi connectivity index (χ3v) is 2.38. The SMILES string of the molecule is COCc1cc(Br)c(OC)c([N+](=O)[O-])c1. The second-order valence-corrected chi connectivity index (χ2v) is 3.67. The van der Waals surface area contributed by atoms with E-state index in [4.69, 9.17) is 9.47 Å².